The summed E-state index contributed by atoms with van der Waals surface area (Å²) in [5, 5.41) is 3.45. The lowest BCUT2D eigenvalue weighted by Gasteiger charge is -2.08. The quantitative estimate of drug-likeness (QED) is 0.457. The van der Waals surface area contributed by atoms with Crippen molar-refractivity contribution in [1.29, 1.82) is 0 Å². The van der Waals surface area contributed by atoms with Crippen LogP contribution in [0.5, 0.6) is 5.75 Å². The van der Waals surface area contributed by atoms with E-state index in [4.69, 9.17) is 4.74 Å². The molecule has 0 aliphatic heterocycles. The number of hydrogen-bond donors (Lipinski definition) is 2. The summed E-state index contributed by atoms with van der Waals surface area (Å²) in [5.74, 6) is 0.673. The lowest BCUT2D eigenvalue weighted by Crippen LogP contribution is -2.29. The number of nitrogens with zero attached hydrogens (tertiary/aromatic N) is 1. The summed E-state index contributed by atoms with van der Waals surface area (Å²) < 4.78 is 18.6. The fourth-order valence-electron chi connectivity index (χ4n) is 2.40. The molecular formula is C20H20FN3O2S. The second kappa shape index (κ2) is 9.23. The molecule has 0 fully saturated rings. The molecule has 0 bridgehead atoms. The van der Waals surface area contributed by atoms with Crippen LogP contribution in [0.3, 0.4) is 0 Å². The van der Waals surface area contributed by atoms with E-state index in [9.17, 15) is 9.18 Å². The van der Waals surface area contributed by atoms with Crippen LogP contribution in [0.2, 0.25) is 0 Å². The number of carbonyl (C=O) groups excluding carboxylic acids is 1. The monoisotopic (exact) mass is 385 g/mol. The van der Waals surface area contributed by atoms with Crippen molar-refractivity contribution in [3.05, 3.63) is 66.1 Å². The highest BCUT2D eigenvalue weighted by atomic mass is 32.2. The van der Waals surface area contributed by atoms with Crippen LogP contribution >= 0.6 is 11.8 Å². The van der Waals surface area contributed by atoms with E-state index >= 15 is 0 Å². The maximum Gasteiger partial charge on any atom is 0.230 e. The van der Waals surface area contributed by atoms with Crippen molar-refractivity contribution in [1.82, 2.24) is 15.3 Å². The van der Waals surface area contributed by atoms with Crippen molar-refractivity contribution in [3.63, 3.8) is 0 Å². The second-order valence-corrected chi connectivity index (χ2v) is 6.88. The average Bonchev–Trinajstić information content (AvgIpc) is 3.13. The molecule has 0 aliphatic rings. The largest absolute Gasteiger partial charge is 0.492 e. The molecule has 0 radical (unpaired) electrons. The predicted octanol–water partition coefficient (Wildman–Crippen LogP) is 3.81. The van der Waals surface area contributed by atoms with Crippen LogP contribution in [0.25, 0.3) is 11.3 Å². The number of nitrogens with one attached hydrogen (secondary N) is 2. The zero-order chi connectivity index (χ0) is 19.1. The number of thioether (sulfide) groups is 1. The molecular weight excluding hydrogens is 365 g/mol. The molecule has 3 aromatic rings. The SMILES string of the molecule is Cc1cccc(OCCNC(=O)CSc2ncc(-c3ccc(F)cc3)[nH]2)c1. The Labute approximate surface area is 161 Å². The fraction of sp³-hybridized carbons (Fsp3) is 0.200. The summed E-state index contributed by atoms with van der Waals surface area (Å²) in [5.41, 5.74) is 2.75. The molecule has 1 heterocycles. The smallest absolute Gasteiger partial charge is 0.230 e. The van der Waals surface area contributed by atoms with Crippen LogP contribution in [0.15, 0.2) is 59.9 Å². The van der Waals surface area contributed by atoms with Crippen LogP contribution in [-0.2, 0) is 4.79 Å². The lowest BCUT2D eigenvalue weighted by molar-refractivity contribution is -0.118. The number of benzene rings is 2. The van der Waals surface area contributed by atoms with Gasteiger partial charge in [-0.2, -0.15) is 0 Å². The standard InChI is InChI=1S/C20H20FN3O2S/c1-14-3-2-4-17(11-14)26-10-9-22-19(25)13-27-20-23-12-18(24-20)15-5-7-16(21)8-6-15/h2-8,11-12H,9-10,13H2,1H3,(H,22,25)(H,23,24). The van der Waals surface area contributed by atoms with Crippen LogP contribution in [-0.4, -0.2) is 34.8 Å². The van der Waals surface area contributed by atoms with Gasteiger partial charge in [0.2, 0.25) is 5.91 Å². The highest BCUT2D eigenvalue weighted by Crippen LogP contribution is 2.21. The van der Waals surface area contributed by atoms with Crippen molar-refractivity contribution < 1.29 is 13.9 Å². The first-order valence-corrected chi connectivity index (χ1v) is 9.48. The summed E-state index contributed by atoms with van der Waals surface area (Å²) in [4.78, 5) is 19.3. The maximum atomic E-state index is 13.0. The van der Waals surface area contributed by atoms with Gasteiger partial charge in [-0.3, -0.25) is 4.79 Å². The zero-order valence-corrected chi connectivity index (χ0v) is 15.7. The van der Waals surface area contributed by atoms with Gasteiger partial charge >= 0.3 is 0 Å². The Balaban J connectivity index is 1.38. The molecule has 1 amide bonds. The van der Waals surface area contributed by atoms with Crippen molar-refractivity contribution in [3.8, 4) is 17.0 Å². The minimum Gasteiger partial charge on any atom is -0.492 e. The van der Waals surface area contributed by atoms with E-state index in [1.807, 2.05) is 31.2 Å². The number of aromatic nitrogens is 2. The third-order valence-electron chi connectivity index (χ3n) is 3.73. The van der Waals surface area contributed by atoms with Gasteiger partial charge in [0.25, 0.3) is 0 Å². The van der Waals surface area contributed by atoms with Gasteiger partial charge in [-0.25, -0.2) is 9.37 Å². The number of hydrogen-bond acceptors (Lipinski definition) is 4. The molecule has 0 unspecified atom stereocenters. The normalized spacial score (nSPS) is 10.6. The molecule has 2 aromatic carbocycles. The van der Waals surface area contributed by atoms with E-state index < -0.39 is 0 Å². The summed E-state index contributed by atoms with van der Waals surface area (Å²) in [6, 6.07) is 13.9. The molecule has 0 saturated heterocycles. The van der Waals surface area contributed by atoms with Gasteiger partial charge in [0.05, 0.1) is 24.2 Å². The Kier molecular flexibility index (Phi) is 6.49. The van der Waals surface area contributed by atoms with Crippen molar-refractivity contribution >= 4 is 17.7 Å². The first-order chi connectivity index (χ1) is 13.1. The van der Waals surface area contributed by atoms with Crippen LogP contribution in [0.1, 0.15) is 5.56 Å². The van der Waals surface area contributed by atoms with Crippen molar-refractivity contribution in [2.24, 2.45) is 0 Å². The third-order valence-corrected chi connectivity index (χ3v) is 4.62. The first kappa shape index (κ1) is 19.0. The molecule has 3 rings (SSSR count). The van der Waals surface area contributed by atoms with Gasteiger partial charge in [0.15, 0.2) is 5.16 Å². The number of rotatable bonds is 8. The summed E-state index contributed by atoms with van der Waals surface area (Å²) in [7, 11) is 0. The third kappa shape index (κ3) is 5.86. The zero-order valence-electron chi connectivity index (χ0n) is 14.9. The van der Waals surface area contributed by atoms with E-state index in [-0.39, 0.29) is 17.5 Å². The van der Waals surface area contributed by atoms with Crippen molar-refractivity contribution in [2.45, 2.75) is 12.1 Å². The number of H-pyrrole nitrogens is 1. The number of imidazole rings is 1. The summed E-state index contributed by atoms with van der Waals surface area (Å²) in [6.45, 7) is 2.85. The molecule has 0 atom stereocenters. The van der Waals surface area contributed by atoms with Gasteiger partial charge in [-0.15, -0.1) is 0 Å². The minimum absolute atomic E-state index is 0.0902. The van der Waals surface area contributed by atoms with Crippen LogP contribution in [0, 0.1) is 12.7 Å². The van der Waals surface area contributed by atoms with Gasteiger partial charge in [0, 0.05) is 0 Å². The molecule has 1 aromatic heterocycles. The Morgan fingerprint density at radius 2 is 2.07 bits per heavy atom. The second-order valence-electron chi connectivity index (χ2n) is 5.91. The molecule has 5 nitrogen and oxygen atoms in total. The molecule has 27 heavy (non-hydrogen) atoms. The predicted molar refractivity (Wildman–Crippen MR) is 104 cm³/mol. The number of amides is 1. The number of aromatic amines is 1. The van der Waals surface area contributed by atoms with Crippen molar-refractivity contribution in [2.75, 3.05) is 18.9 Å². The Morgan fingerprint density at radius 3 is 2.85 bits per heavy atom. The Morgan fingerprint density at radius 1 is 1.26 bits per heavy atom. The minimum atomic E-state index is -0.282. The highest BCUT2D eigenvalue weighted by Gasteiger charge is 2.07. The Hall–Kier alpha value is -2.80. The molecule has 2 N–H and O–H groups in total. The van der Waals surface area contributed by atoms with E-state index in [1.165, 1.54) is 23.9 Å². The highest BCUT2D eigenvalue weighted by molar-refractivity contribution is 7.99. The fourth-order valence-corrected chi connectivity index (χ4v) is 3.08. The van der Waals surface area contributed by atoms with Gasteiger partial charge < -0.3 is 15.0 Å². The molecule has 140 valence electrons. The number of aryl methyl sites for hydroxylation is 1. The van der Waals surface area contributed by atoms with Crippen LogP contribution < -0.4 is 10.1 Å². The average molecular weight is 385 g/mol. The molecule has 0 aliphatic carbocycles. The van der Waals surface area contributed by atoms with E-state index in [1.54, 1.807) is 18.3 Å². The van der Waals surface area contributed by atoms with E-state index in [2.05, 4.69) is 15.3 Å². The lowest BCUT2D eigenvalue weighted by atomic mass is 10.2. The first-order valence-electron chi connectivity index (χ1n) is 8.50. The summed E-state index contributed by atoms with van der Waals surface area (Å²) in [6.07, 6.45) is 1.67. The maximum absolute atomic E-state index is 13.0. The van der Waals surface area contributed by atoms with Gasteiger partial charge in [-0.1, -0.05) is 23.9 Å². The van der Waals surface area contributed by atoms with Crippen LogP contribution in [0.4, 0.5) is 4.39 Å². The van der Waals surface area contributed by atoms with E-state index in [0.717, 1.165) is 22.6 Å². The molecule has 0 saturated carbocycles. The van der Waals surface area contributed by atoms with Gasteiger partial charge in [0.1, 0.15) is 18.2 Å². The Bertz CT molecular complexity index is 896. The summed E-state index contributed by atoms with van der Waals surface area (Å²) >= 11 is 1.31. The van der Waals surface area contributed by atoms with Gasteiger partial charge in [-0.05, 0) is 54.4 Å². The molecule has 7 heteroatoms. The number of carbonyl (C=O) groups is 1. The topological polar surface area (TPSA) is 67.0 Å². The molecule has 0 spiro atoms. The van der Waals surface area contributed by atoms with E-state index in [0.29, 0.717) is 18.3 Å². The number of halogens is 1. The number of ether oxygens (including phenoxy) is 1.